The van der Waals surface area contributed by atoms with E-state index in [1.165, 1.54) is 0 Å². The highest BCUT2D eigenvalue weighted by molar-refractivity contribution is 6.30. The summed E-state index contributed by atoms with van der Waals surface area (Å²) >= 11 is 5.96. The lowest BCUT2D eigenvalue weighted by Crippen LogP contribution is -2.49. The lowest BCUT2D eigenvalue weighted by atomic mass is 9.73. The summed E-state index contributed by atoms with van der Waals surface area (Å²) in [6.45, 7) is 0. The van der Waals surface area contributed by atoms with Crippen LogP contribution in [0, 0.1) is 0 Å². The molecule has 0 saturated heterocycles. The van der Waals surface area contributed by atoms with Gasteiger partial charge in [0.2, 0.25) is 0 Å². The predicted octanol–water partition coefficient (Wildman–Crippen LogP) is 2.43. The third-order valence-electron chi connectivity index (χ3n) is 3.31. The Morgan fingerprint density at radius 3 is 2.71 bits per heavy atom. The van der Waals surface area contributed by atoms with E-state index in [0.717, 1.165) is 11.3 Å². The summed E-state index contributed by atoms with van der Waals surface area (Å²) in [6.07, 6.45) is 2.06. The van der Waals surface area contributed by atoms with Gasteiger partial charge in [0.25, 0.3) is 0 Å². The average molecular weight is 257 g/mol. The van der Waals surface area contributed by atoms with Crippen molar-refractivity contribution in [3.05, 3.63) is 28.8 Å². The van der Waals surface area contributed by atoms with Crippen molar-refractivity contribution in [2.45, 2.75) is 31.0 Å². The van der Waals surface area contributed by atoms with E-state index in [1.54, 1.807) is 20.3 Å². The molecule has 0 radical (unpaired) electrons. The molecule has 94 valence electrons. The van der Waals surface area contributed by atoms with Gasteiger partial charge in [0.05, 0.1) is 18.8 Å². The van der Waals surface area contributed by atoms with Gasteiger partial charge in [-0.2, -0.15) is 0 Å². The summed E-state index contributed by atoms with van der Waals surface area (Å²) in [4.78, 5) is 0. The van der Waals surface area contributed by atoms with Crippen LogP contribution in [0.15, 0.2) is 18.2 Å². The second-order valence-corrected chi connectivity index (χ2v) is 5.06. The van der Waals surface area contributed by atoms with E-state index in [4.69, 9.17) is 21.1 Å². The second kappa shape index (κ2) is 4.84. The van der Waals surface area contributed by atoms with Crippen LogP contribution >= 0.6 is 11.6 Å². The van der Waals surface area contributed by atoms with E-state index in [-0.39, 0.29) is 6.10 Å². The van der Waals surface area contributed by atoms with Gasteiger partial charge < -0.3 is 14.6 Å². The molecular weight excluding hydrogens is 240 g/mol. The molecule has 2 rings (SSSR count). The van der Waals surface area contributed by atoms with Gasteiger partial charge in [0.1, 0.15) is 5.75 Å². The minimum Gasteiger partial charge on any atom is -0.496 e. The fourth-order valence-electron chi connectivity index (χ4n) is 2.34. The molecule has 0 bridgehead atoms. The van der Waals surface area contributed by atoms with E-state index in [2.05, 4.69) is 0 Å². The van der Waals surface area contributed by atoms with Gasteiger partial charge in [-0.1, -0.05) is 11.6 Å². The Labute approximate surface area is 106 Å². The number of hydrogen-bond donors (Lipinski definition) is 1. The van der Waals surface area contributed by atoms with E-state index in [1.807, 2.05) is 12.1 Å². The zero-order valence-corrected chi connectivity index (χ0v) is 10.8. The molecule has 1 saturated carbocycles. The molecule has 0 amide bonds. The molecule has 3 nitrogen and oxygen atoms in total. The van der Waals surface area contributed by atoms with Gasteiger partial charge in [0.15, 0.2) is 0 Å². The van der Waals surface area contributed by atoms with Crippen molar-refractivity contribution in [1.82, 2.24) is 0 Å². The van der Waals surface area contributed by atoms with Gasteiger partial charge in [-0.25, -0.2) is 0 Å². The maximum atomic E-state index is 10.3. The fourth-order valence-corrected chi connectivity index (χ4v) is 2.53. The Kier molecular flexibility index (Phi) is 3.61. The first-order valence-corrected chi connectivity index (χ1v) is 6.02. The van der Waals surface area contributed by atoms with Crippen LogP contribution in [0.5, 0.6) is 5.75 Å². The summed E-state index contributed by atoms with van der Waals surface area (Å²) in [5, 5.41) is 11.0. The lowest BCUT2D eigenvalue weighted by Gasteiger charge is -2.43. The molecule has 0 heterocycles. The Morgan fingerprint density at radius 1 is 1.41 bits per heavy atom. The maximum absolute atomic E-state index is 10.3. The first kappa shape index (κ1) is 12.7. The minimum absolute atomic E-state index is 0.171. The van der Waals surface area contributed by atoms with Crippen molar-refractivity contribution in [3.63, 3.8) is 0 Å². The minimum atomic E-state index is -0.682. The van der Waals surface area contributed by atoms with E-state index in [9.17, 15) is 5.11 Å². The SMILES string of the molecule is COc1ccc(Cl)cc1CC1(O)CC(OC)C1. The summed E-state index contributed by atoms with van der Waals surface area (Å²) < 4.78 is 10.4. The Hall–Kier alpha value is -0.770. The summed E-state index contributed by atoms with van der Waals surface area (Å²) in [5.41, 5.74) is 0.260. The first-order valence-electron chi connectivity index (χ1n) is 5.64. The third kappa shape index (κ3) is 2.73. The van der Waals surface area contributed by atoms with Crippen LogP contribution in [0.2, 0.25) is 5.02 Å². The van der Waals surface area contributed by atoms with Gasteiger partial charge in [-0.05, 0) is 23.8 Å². The van der Waals surface area contributed by atoms with Crippen molar-refractivity contribution in [2.75, 3.05) is 14.2 Å². The molecule has 0 spiro atoms. The topological polar surface area (TPSA) is 38.7 Å². The number of ether oxygens (including phenoxy) is 2. The fraction of sp³-hybridized carbons (Fsp3) is 0.538. The van der Waals surface area contributed by atoms with Crippen LogP contribution in [0.3, 0.4) is 0 Å². The standard InChI is InChI=1S/C13H17ClO3/c1-16-11-7-13(15,8-11)6-9-5-10(14)3-4-12(9)17-2/h3-5,11,15H,6-8H2,1-2H3. The molecule has 1 N–H and O–H groups in total. The molecule has 1 aromatic carbocycles. The Balaban J connectivity index is 2.11. The first-order chi connectivity index (χ1) is 8.06. The van der Waals surface area contributed by atoms with Crippen LogP contribution in [0.4, 0.5) is 0 Å². The molecule has 0 aliphatic heterocycles. The average Bonchev–Trinajstić information content (AvgIpc) is 2.26. The molecular formula is C13H17ClO3. The molecule has 1 aromatic rings. The zero-order chi connectivity index (χ0) is 12.5. The van der Waals surface area contributed by atoms with Crippen LogP contribution in [0.25, 0.3) is 0 Å². The number of rotatable bonds is 4. The molecule has 1 fully saturated rings. The van der Waals surface area contributed by atoms with Crippen molar-refractivity contribution < 1.29 is 14.6 Å². The smallest absolute Gasteiger partial charge is 0.122 e. The summed E-state index contributed by atoms with van der Waals surface area (Å²) in [7, 11) is 3.29. The van der Waals surface area contributed by atoms with Crippen molar-refractivity contribution >= 4 is 11.6 Å². The van der Waals surface area contributed by atoms with Gasteiger partial charge in [-0.15, -0.1) is 0 Å². The second-order valence-electron chi connectivity index (χ2n) is 4.62. The monoisotopic (exact) mass is 256 g/mol. The third-order valence-corrected chi connectivity index (χ3v) is 3.55. The van der Waals surface area contributed by atoms with Gasteiger partial charge in [-0.3, -0.25) is 0 Å². The number of benzene rings is 1. The molecule has 0 unspecified atom stereocenters. The highest BCUT2D eigenvalue weighted by Gasteiger charge is 2.43. The largest absolute Gasteiger partial charge is 0.496 e. The highest BCUT2D eigenvalue weighted by Crippen LogP contribution is 2.39. The molecule has 0 aromatic heterocycles. The molecule has 0 atom stereocenters. The van der Waals surface area contributed by atoms with Crippen LogP contribution < -0.4 is 4.74 Å². The van der Waals surface area contributed by atoms with Crippen molar-refractivity contribution in [2.24, 2.45) is 0 Å². The molecule has 1 aliphatic rings. The number of halogens is 1. The van der Waals surface area contributed by atoms with E-state index in [0.29, 0.717) is 24.3 Å². The Morgan fingerprint density at radius 2 is 2.12 bits per heavy atom. The highest BCUT2D eigenvalue weighted by atomic mass is 35.5. The zero-order valence-electron chi connectivity index (χ0n) is 10.1. The van der Waals surface area contributed by atoms with E-state index < -0.39 is 5.60 Å². The Bertz CT molecular complexity index is 400. The van der Waals surface area contributed by atoms with E-state index >= 15 is 0 Å². The number of methoxy groups -OCH3 is 2. The van der Waals surface area contributed by atoms with Crippen LogP contribution in [0.1, 0.15) is 18.4 Å². The van der Waals surface area contributed by atoms with Gasteiger partial charge >= 0.3 is 0 Å². The normalized spacial score (nSPS) is 27.6. The lowest BCUT2D eigenvalue weighted by molar-refractivity contribution is -0.126. The number of aliphatic hydroxyl groups is 1. The molecule has 4 heteroatoms. The number of hydrogen-bond acceptors (Lipinski definition) is 3. The van der Waals surface area contributed by atoms with Crippen molar-refractivity contribution in [1.29, 1.82) is 0 Å². The van der Waals surface area contributed by atoms with Crippen molar-refractivity contribution in [3.8, 4) is 5.75 Å². The molecule has 1 aliphatic carbocycles. The molecule has 17 heavy (non-hydrogen) atoms. The van der Waals surface area contributed by atoms with Crippen LogP contribution in [-0.4, -0.2) is 31.0 Å². The predicted molar refractivity (Wildman–Crippen MR) is 66.7 cm³/mol. The quantitative estimate of drug-likeness (QED) is 0.899. The maximum Gasteiger partial charge on any atom is 0.122 e. The summed E-state index contributed by atoms with van der Waals surface area (Å²) in [5.74, 6) is 0.767. The summed E-state index contributed by atoms with van der Waals surface area (Å²) in [6, 6.07) is 5.46. The van der Waals surface area contributed by atoms with Crippen LogP contribution in [-0.2, 0) is 11.2 Å². The van der Waals surface area contributed by atoms with Gasteiger partial charge in [0, 0.05) is 31.4 Å².